The number of piperidine rings is 1. The second-order valence-corrected chi connectivity index (χ2v) is 9.05. The molecule has 2 fully saturated rings. The van der Waals surface area contributed by atoms with Gasteiger partial charge in [0.05, 0.1) is 24.8 Å². The standard InChI is InChI=1S/C25H29N5O5/c1-34-17-4-5-18(20(10-17)35-13-15-2-3-15)22-24-23(28-14-27-22)19(11-26-24)25(33)29-16-6-8-30(9-7-16)21(32)12-31/h4-5,10-11,14-16,26,31H,2-3,6-9,12-13H2,1H3,(H,29,33). The summed E-state index contributed by atoms with van der Waals surface area (Å²) in [6.45, 7) is 1.17. The van der Waals surface area contributed by atoms with Crippen molar-refractivity contribution in [2.24, 2.45) is 5.92 Å². The van der Waals surface area contributed by atoms with E-state index in [0.29, 0.717) is 72.2 Å². The topological polar surface area (TPSA) is 130 Å². The molecule has 2 aromatic heterocycles. The van der Waals surface area contributed by atoms with Gasteiger partial charge in [0.25, 0.3) is 5.91 Å². The Balaban J connectivity index is 1.37. The van der Waals surface area contributed by atoms with Crippen molar-refractivity contribution >= 4 is 22.8 Å². The summed E-state index contributed by atoms with van der Waals surface area (Å²) in [6, 6.07) is 5.57. The zero-order chi connectivity index (χ0) is 24.4. The summed E-state index contributed by atoms with van der Waals surface area (Å²) in [4.78, 5) is 38.4. The van der Waals surface area contributed by atoms with Crippen molar-refractivity contribution in [1.82, 2.24) is 25.2 Å². The molecule has 0 bridgehead atoms. The molecule has 0 atom stereocenters. The quantitative estimate of drug-likeness (QED) is 0.451. The monoisotopic (exact) mass is 479 g/mol. The van der Waals surface area contributed by atoms with Gasteiger partial charge in [-0.2, -0.15) is 0 Å². The van der Waals surface area contributed by atoms with E-state index in [1.165, 1.54) is 19.2 Å². The van der Waals surface area contributed by atoms with Crippen LogP contribution in [0.15, 0.2) is 30.7 Å². The number of hydrogen-bond donors (Lipinski definition) is 3. The third-order valence-corrected chi connectivity index (χ3v) is 6.64. The molecule has 1 saturated heterocycles. The third-order valence-electron chi connectivity index (χ3n) is 6.64. The number of methoxy groups -OCH3 is 1. The van der Waals surface area contributed by atoms with Gasteiger partial charge in [-0.1, -0.05) is 0 Å². The van der Waals surface area contributed by atoms with Crippen LogP contribution in [0.3, 0.4) is 0 Å². The Labute approximate surface area is 202 Å². The number of amides is 2. The van der Waals surface area contributed by atoms with E-state index in [1.807, 2.05) is 18.2 Å². The van der Waals surface area contributed by atoms with E-state index in [9.17, 15) is 9.59 Å². The highest BCUT2D eigenvalue weighted by Crippen LogP contribution is 2.37. The molecule has 1 aromatic carbocycles. The minimum absolute atomic E-state index is 0.0551. The van der Waals surface area contributed by atoms with Crippen molar-refractivity contribution in [3.63, 3.8) is 0 Å². The molecule has 2 amide bonds. The summed E-state index contributed by atoms with van der Waals surface area (Å²) < 4.78 is 11.5. The molecular weight excluding hydrogens is 450 g/mol. The highest BCUT2D eigenvalue weighted by atomic mass is 16.5. The highest BCUT2D eigenvalue weighted by molar-refractivity contribution is 6.08. The average molecular weight is 480 g/mol. The van der Waals surface area contributed by atoms with Crippen molar-refractivity contribution in [1.29, 1.82) is 0 Å². The number of aliphatic hydroxyl groups is 1. The Morgan fingerprint density at radius 2 is 2.00 bits per heavy atom. The SMILES string of the molecule is COc1ccc(-c2ncnc3c(C(=O)NC4CCN(C(=O)CO)CC4)c[nH]c23)c(OCC2CC2)c1. The molecule has 1 saturated carbocycles. The minimum Gasteiger partial charge on any atom is -0.497 e. The second kappa shape index (κ2) is 9.91. The smallest absolute Gasteiger partial charge is 0.255 e. The number of hydrogen-bond acceptors (Lipinski definition) is 7. The predicted octanol–water partition coefficient (Wildman–Crippen LogP) is 2.14. The van der Waals surface area contributed by atoms with Crippen LogP contribution in [0.2, 0.25) is 0 Å². The first kappa shape index (κ1) is 23.1. The number of aromatic amines is 1. The second-order valence-electron chi connectivity index (χ2n) is 9.05. The van der Waals surface area contributed by atoms with Gasteiger partial charge >= 0.3 is 0 Å². The molecule has 184 valence electrons. The third kappa shape index (κ3) is 4.93. The molecule has 0 unspecified atom stereocenters. The lowest BCUT2D eigenvalue weighted by atomic mass is 10.0. The van der Waals surface area contributed by atoms with E-state index in [2.05, 4.69) is 20.3 Å². The van der Waals surface area contributed by atoms with Crippen molar-refractivity contribution in [2.45, 2.75) is 31.7 Å². The predicted molar refractivity (Wildman–Crippen MR) is 128 cm³/mol. The van der Waals surface area contributed by atoms with Gasteiger partial charge in [-0.05, 0) is 43.7 Å². The number of carbonyl (C=O) groups is 2. The number of fused-ring (bicyclic) bond motifs is 1. The highest BCUT2D eigenvalue weighted by Gasteiger charge is 2.26. The van der Waals surface area contributed by atoms with Gasteiger partial charge in [-0.25, -0.2) is 9.97 Å². The average Bonchev–Trinajstić information content (AvgIpc) is 3.62. The van der Waals surface area contributed by atoms with E-state index in [4.69, 9.17) is 14.6 Å². The Kier molecular flexibility index (Phi) is 6.54. The van der Waals surface area contributed by atoms with Crippen molar-refractivity contribution < 1.29 is 24.2 Å². The minimum atomic E-state index is -0.490. The molecule has 35 heavy (non-hydrogen) atoms. The maximum atomic E-state index is 13.1. The molecule has 3 N–H and O–H groups in total. The fraction of sp³-hybridized carbons (Fsp3) is 0.440. The van der Waals surface area contributed by atoms with E-state index in [-0.39, 0.29) is 17.9 Å². The van der Waals surface area contributed by atoms with Crippen molar-refractivity contribution in [3.05, 3.63) is 36.3 Å². The van der Waals surface area contributed by atoms with Gasteiger partial charge in [0.15, 0.2) is 0 Å². The largest absolute Gasteiger partial charge is 0.497 e. The summed E-state index contributed by atoms with van der Waals surface area (Å²) in [6.07, 6.45) is 6.74. The van der Waals surface area contributed by atoms with E-state index < -0.39 is 6.61 Å². The van der Waals surface area contributed by atoms with Crippen LogP contribution >= 0.6 is 0 Å². The molecule has 10 nitrogen and oxygen atoms in total. The fourth-order valence-corrected chi connectivity index (χ4v) is 4.39. The molecule has 2 aliphatic rings. The maximum Gasteiger partial charge on any atom is 0.255 e. The van der Waals surface area contributed by atoms with Crippen LogP contribution in [0.5, 0.6) is 11.5 Å². The lowest BCUT2D eigenvalue weighted by Crippen LogP contribution is -2.47. The van der Waals surface area contributed by atoms with Crippen molar-refractivity contribution in [2.75, 3.05) is 33.4 Å². The van der Waals surface area contributed by atoms with Crippen LogP contribution in [0.4, 0.5) is 0 Å². The van der Waals surface area contributed by atoms with Crippen LogP contribution < -0.4 is 14.8 Å². The Hall–Kier alpha value is -3.66. The molecule has 0 spiro atoms. The maximum absolute atomic E-state index is 13.1. The summed E-state index contributed by atoms with van der Waals surface area (Å²) in [5.74, 6) is 1.46. The van der Waals surface area contributed by atoms with E-state index >= 15 is 0 Å². The van der Waals surface area contributed by atoms with Crippen molar-refractivity contribution in [3.8, 4) is 22.8 Å². The van der Waals surface area contributed by atoms with Gasteiger partial charge in [0, 0.05) is 37.0 Å². The molecule has 3 aromatic rings. The molecule has 1 aliphatic heterocycles. The van der Waals surface area contributed by atoms with Crippen LogP contribution in [0.25, 0.3) is 22.3 Å². The van der Waals surface area contributed by atoms with Gasteiger partial charge in [-0.3, -0.25) is 9.59 Å². The summed E-state index contributed by atoms with van der Waals surface area (Å²) in [5, 5.41) is 12.1. The Bertz CT molecular complexity index is 1230. The molecule has 3 heterocycles. The van der Waals surface area contributed by atoms with Crippen LogP contribution in [-0.2, 0) is 4.79 Å². The lowest BCUT2D eigenvalue weighted by molar-refractivity contribution is -0.135. The number of nitrogens with one attached hydrogen (secondary N) is 2. The Morgan fingerprint density at radius 1 is 1.20 bits per heavy atom. The molecule has 0 radical (unpaired) electrons. The fourth-order valence-electron chi connectivity index (χ4n) is 4.39. The van der Waals surface area contributed by atoms with E-state index in [0.717, 1.165) is 5.56 Å². The van der Waals surface area contributed by atoms with Gasteiger partial charge in [-0.15, -0.1) is 0 Å². The number of ether oxygens (including phenoxy) is 2. The molecule has 5 rings (SSSR count). The molecule has 10 heteroatoms. The first-order chi connectivity index (χ1) is 17.1. The first-order valence-electron chi connectivity index (χ1n) is 11.9. The molecular formula is C25H29N5O5. The number of carbonyl (C=O) groups excluding carboxylic acids is 2. The number of aromatic nitrogens is 3. The van der Waals surface area contributed by atoms with Crippen LogP contribution in [0, 0.1) is 5.92 Å². The van der Waals surface area contributed by atoms with Gasteiger partial charge < -0.3 is 29.8 Å². The number of H-pyrrole nitrogens is 1. The number of rotatable bonds is 8. The normalized spacial score (nSPS) is 16.3. The van der Waals surface area contributed by atoms with Gasteiger partial charge in [0.2, 0.25) is 5.91 Å². The van der Waals surface area contributed by atoms with Crippen LogP contribution in [-0.4, -0.2) is 76.2 Å². The van der Waals surface area contributed by atoms with Crippen LogP contribution in [0.1, 0.15) is 36.0 Å². The lowest BCUT2D eigenvalue weighted by Gasteiger charge is -2.32. The summed E-state index contributed by atoms with van der Waals surface area (Å²) >= 11 is 0. The number of nitrogens with zero attached hydrogens (tertiary/aromatic N) is 3. The first-order valence-corrected chi connectivity index (χ1v) is 11.9. The Morgan fingerprint density at radius 3 is 2.71 bits per heavy atom. The summed E-state index contributed by atoms with van der Waals surface area (Å²) in [5.41, 5.74) is 3.07. The zero-order valence-corrected chi connectivity index (χ0v) is 19.6. The summed E-state index contributed by atoms with van der Waals surface area (Å²) in [7, 11) is 1.62. The number of benzene rings is 1. The molecule has 1 aliphatic carbocycles. The zero-order valence-electron chi connectivity index (χ0n) is 19.6. The number of likely N-dealkylation sites (tertiary alicyclic amines) is 1. The number of aliphatic hydroxyl groups excluding tert-OH is 1. The van der Waals surface area contributed by atoms with E-state index in [1.54, 1.807) is 18.2 Å². The van der Waals surface area contributed by atoms with Gasteiger partial charge in [0.1, 0.15) is 35.6 Å².